The van der Waals surface area contributed by atoms with Gasteiger partial charge >= 0.3 is 0 Å². The number of carbonyl (C=O) groups is 5. The first-order valence-corrected chi connectivity index (χ1v) is 21.7. The molecule has 5 rings (SSSR count). The Balaban J connectivity index is 1.55. The van der Waals surface area contributed by atoms with E-state index < -0.39 is 53.7 Å². The van der Waals surface area contributed by atoms with Gasteiger partial charge in [-0.05, 0) is 89.5 Å². The Morgan fingerprint density at radius 2 is 1.49 bits per heavy atom. The molecule has 16 nitrogen and oxygen atoms in total. The van der Waals surface area contributed by atoms with Crippen LogP contribution in [0.2, 0.25) is 5.02 Å². The summed E-state index contributed by atoms with van der Waals surface area (Å²) < 4.78 is 12.2. The molecule has 17 heteroatoms. The van der Waals surface area contributed by atoms with E-state index in [9.17, 15) is 24.0 Å². The summed E-state index contributed by atoms with van der Waals surface area (Å²) in [5.74, 6) is -2.61. The summed E-state index contributed by atoms with van der Waals surface area (Å²) in [6, 6.07) is 20.2. The number of halogens is 1. The fraction of sp³-hybridized carbons (Fsp3) is 0.375. The molecule has 0 saturated heterocycles. The van der Waals surface area contributed by atoms with Gasteiger partial charge in [-0.2, -0.15) is 5.26 Å². The molecule has 65 heavy (non-hydrogen) atoms. The Bertz CT molecular complexity index is 2420. The van der Waals surface area contributed by atoms with Crippen molar-refractivity contribution >= 4 is 41.1 Å². The number of amides is 5. The molecule has 4 atom stereocenters. The van der Waals surface area contributed by atoms with Crippen molar-refractivity contribution in [2.75, 3.05) is 46.4 Å². The molecule has 0 saturated carbocycles. The number of ether oxygens (including phenoxy) is 2. The van der Waals surface area contributed by atoms with Crippen LogP contribution >= 0.6 is 11.6 Å². The molecule has 0 spiro atoms. The minimum atomic E-state index is -1.40. The lowest BCUT2D eigenvalue weighted by molar-refractivity contribution is -0.141. The number of carbonyl (C=O) groups excluding carboxylic acids is 5. The van der Waals surface area contributed by atoms with Gasteiger partial charge < -0.3 is 52.8 Å². The molecule has 1 heterocycles. The second kappa shape index (κ2) is 22.4. The lowest BCUT2D eigenvalue weighted by Crippen LogP contribution is -2.56. The molecule has 0 aromatic heterocycles. The number of rotatable bonds is 15. The number of hydrogen-bond donors (Lipinski definition) is 7. The van der Waals surface area contributed by atoms with Crippen molar-refractivity contribution in [1.29, 1.82) is 5.26 Å². The lowest BCUT2D eigenvalue weighted by Gasteiger charge is -2.32. The number of likely N-dealkylation sites (N-methyl/N-ethyl adjacent to an activating group) is 1. The van der Waals surface area contributed by atoms with Gasteiger partial charge in [0.15, 0.2) is 0 Å². The highest BCUT2D eigenvalue weighted by molar-refractivity contribution is 6.34. The highest BCUT2D eigenvalue weighted by atomic mass is 35.5. The average Bonchev–Trinajstić information content (AvgIpc) is 3.28. The number of nitrogens with zero attached hydrogens (tertiary/aromatic N) is 2. The van der Waals surface area contributed by atoms with E-state index in [4.69, 9.17) is 43.5 Å². The molecule has 0 fully saturated rings. The van der Waals surface area contributed by atoms with Crippen molar-refractivity contribution in [3.8, 4) is 39.8 Å². The first kappa shape index (κ1) is 49.5. The van der Waals surface area contributed by atoms with Crippen molar-refractivity contribution in [3.05, 3.63) is 106 Å². The van der Waals surface area contributed by atoms with Crippen molar-refractivity contribution in [2.45, 2.75) is 70.1 Å². The molecule has 4 bridgehead atoms. The predicted molar refractivity (Wildman–Crippen MR) is 249 cm³/mol. The third-order valence-corrected chi connectivity index (χ3v) is 11.2. The first-order chi connectivity index (χ1) is 31.0. The summed E-state index contributed by atoms with van der Waals surface area (Å²) in [6.45, 7) is 8.20. The van der Waals surface area contributed by atoms with Crippen LogP contribution in [0.4, 0.5) is 0 Å². The monoisotopic (exact) mass is 907 g/mol. The van der Waals surface area contributed by atoms with E-state index in [2.05, 4.69) is 54.2 Å². The van der Waals surface area contributed by atoms with Gasteiger partial charge in [0, 0.05) is 37.7 Å². The number of benzene rings is 4. The smallest absolute Gasteiger partial charge is 0.253 e. The summed E-state index contributed by atoms with van der Waals surface area (Å²) in [5, 5.41) is 20.0. The third-order valence-electron chi connectivity index (χ3n) is 10.9. The maximum Gasteiger partial charge on any atom is 0.253 e. The molecular weight excluding hydrogens is 850 g/mol. The van der Waals surface area contributed by atoms with Gasteiger partial charge in [0.1, 0.15) is 55.4 Å². The zero-order valence-corrected chi connectivity index (χ0v) is 38.1. The molecule has 0 aliphatic carbocycles. The molecule has 5 amide bonds. The zero-order chi connectivity index (χ0) is 47.4. The Hall–Kier alpha value is -6.51. The van der Waals surface area contributed by atoms with E-state index in [1.54, 1.807) is 54.6 Å². The van der Waals surface area contributed by atoms with Crippen LogP contribution in [0.1, 0.15) is 67.2 Å². The van der Waals surface area contributed by atoms with Crippen molar-refractivity contribution in [3.63, 3.8) is 0 Å². The zero-order valence-electron chi connectivity index (χ0n) is 37.3. The molecule has 0 radical (unpaired) electrons. The summed E-state index contributed by atoms with van der Waals surface area (Å²) in [4.78, 5) is 71.3. The fourth-order valence-electron chi connectivity index (χ4n) is 7.41. The van der Waals surface area contributed by atoms with Gasteiger partial charge in [0.2, 0.25) is 23.6 Å². The second-order valence-corrected chi connectivity index (χ2v) is 17.1. The van der Waals surface area contributed by atoms with Crippen molar-refractivity contribution in [1.82, 2.24) is 26.2 Å². The number of nitriles is 1. The fourth-order valence-corrected chi connectivity index (χ4v) is 7.67. The molecule has 10 N–H and O–H groups in total. The van der Waals surface area contributed by atoms with E-state index in [0.717, 1.165) is 11.1 Å². The number of nitrogens with two attached hydrogens (primary N) is 3. The van der Waals surface area contributed by atoms with Crippen LogP contribution in [0.25, 0.3) is 22.3 Å². The molecule has 0 unspecified atom stereocenters. The molecular formula is C48H58ClN9O7. The summed E-state index contributed by atoms with van der Waals surface area (Å²) >= 11 is 6.72. The first-order valence-electron chi connectivity index (χ1n) is 21.4. The predicted octanol–water partition coefficient (Wildman–Crippen LogP) is 3.48. The quantitative estimate of drug-likeness (QED) is 0.0850. The van der Waals surface area contributed by atoms with Gasteiger partial charge in [-0.3, -0.25) is 24.0 Å². The van der Waals surface area contributed by atoms with Crippen molar-refractivity contribution in [2.24, 2.45) is 17.2 Å². The Labute approximate surface area is 384 Å². The van der Waals surface area contributed by atoms with Gasteiger partial charge in [-0.1, -0.05) is 74.8 Å². The molecule has 4 aromatic rings. The standard InChI is InChI=1S/C48H58ClN9O7/c1-28-43(59)57-39(45(61)54-21-18-51)25-29-6-14-40(64-22-19-52)35(24-29)36-26-32(10-15-41(36)65-23-20-53)42(46(62)55-28)58(5)47(63)38(16-17-50)56-44(60)34-13-9-31(27-37(34)49)30-7-11-33(12-8-30)48(2,3)4/h6-15,24,26-28,38-39,42H,16-17,19-23,25,50,52-53H2,1-5H3,(H,54,61)(H,55,62)(H,56,60)(H,57,59)/t28-,38-,39-,42-/m0/s1. The van der Waals surface area contributed by atoms with Crippen LogP contribution < -0.4 is 47.9 Å². The van der Waals surface area contributed by atoms with E-state index >= 15 is 0 Å². The molecule has 4 aromatic carbocycles. The van der Waals surface area contributed by atoms with Gasteiger partial charge in [-0.25, -0.2) is 0 Å². The minimum Gasteiger partial charge on any atom is -0.492 e. The maximum absolute atomic E-state index is 14.6. The third kappa shape index (κ3) is 12.4. The second-order valence-electron chi connectivity index (χ2n) is 16.7. The van der Waals surface area contributed by atoms with E-state index in [-0.39, 0.29) is 68.2 Å². The SMILES string of the molecule is C[C@@H]1NC(=O)[C@@H](N(C)C(=O)[C@H](CCN)NC(=O)c2ccc(-c3ccc(C(C)(C)C)cc3)cc2Cl)c2ccc(OCCN)c(c2)-c2cc(ccc2OCCN)C[C@@H](C(=O)NCC#N)NC1=O. The normalized spacial score (nSPS) is 16.7. The number of nitrogens with one attached hydrogen (secondary N) is 4. The topological polar surface area (TPSA) is 257 Å². The molecule has 1 aliphatic heterocycles. The Morgan fingerprint density at radius 1 is 0.862 bits per heavy atom. The van der Waals surface area contributed by atoms with Crippen LogP contribution in [0.15, 0.2) is 78.9 Å². The van der Waals surface area contributed by atoms with Gasteiger partial charge in [0.25, 0.3) is 5.91 Å². The largest absolute Gasteiger partial charge is 0.492 e. The van der Waals surface area contributed by atoms with E-state index in [1.807, 2.05) is 18.2 Å². The van der Waals surface area contributed by atoms with Crippen LogP contribution in [-0.4, -0.2) is 99.0 Å². The Morgan fingerprint density at radius 3 is 2.09 bits per heavy atom. The number of hydrogen-bond acceptors (Lipinski definition) is 11. The number of fused-ring (bicyclic) bond motifs is 5. The van der Waals surface area contributed by atoms with E-state index in [0.29, 0.717) is 33.8 Å². The van der Waals surface area contributed by atoms with Gasteiger partial charge in [-0.15, -0.1) is 0 Å². The summed E-state index contributed by atoms with van der Waals surface area (Å²) in [5.41, 5.74) is 22.5. The van der Waals surface area contributed by atoms with Gasteiger partial charge in [0.05, 0.1) is 16.7 Å². The molecule has 344 valence electrons. The van der Waals surface area contributed by atoms with E-state index in [1.165, 1.54) is 24.4 Å². The lowest BCUT2D eigenvalue weighted by atomic mass is 9.86. The summed E-state index contributed by atoms with van der Waals surface area (Å²) in [7, 11) is 1.41. The molecule has 1 aliphatic rings. The van der Waals surface area contributed by atoms with Crippen LogP contribution in [0, 0.1) is 11.3 Å². The van der Waals surface area contributed by atoms with Crippen LogP contribution in [0.3, 0.4) is 0 Å². The highest BCUT2D eigenvalue weighted by Gasteiger charge is 2.36. The van der Waals surface area contributed by atoms with Crippen LogP contribution in [-0.2, 0) is 31.0 Å². The van der Waals surface area contributed by atoms with Crippen LogP contribution in [0.5, 0.6) is 11.5 Å². The Kier molecular flexibility index (Phi) is 17.1. The summed E-state index contributed by atoms with van der Waals surface area (Å²) in [6.07, 6.45) is 0.000332. The minimum absolute atomic E-state index is 0.00110. The van der Waals surface area contributed by atoms with Crippen molar-refractivity contribution < 1.29 is 33.4 Å². The highest BCUT2D eigenvalue weighted by Crippen LogP contribution is 2.40. The maximum atomic E-state index is 14.6. The average molecular weight is 909 g/mol.